The summed E-state index contributed by atoms with van der Waals surface area (Å²) in [5.74, 6) is 1.52. The second-order valence-electron chi connectivity index (χ2n) is 8.52. The molecular formula is C20H32O3. The summed E-state index contributed by atoms with van der Waals surface area (Å²) in [6, 6.07) is 2.05. The van der Waals surface area contributed by atoms with Gasteiger partial charge in [-0.2, -0.15) is 0 Å². The molecule has 2 N–H and O–H groups in total. The van der Waals surface area contributed by atoms with E-state index in [0.717, 1.165) is 32.1 Å². The molecule has 0 spiro atoms. The van der Waals surface area contributed by atoms with Gasteiger partial charge in [0.2, 0.25) is 0 Å². The molecule has 2 saturated carbocycles. The molecule has 0 amide bonds. The summed E-state index contributed by atoms with van der Waals surface area (Å²) in [6.45, 7) is 5.31. The lowest BCUT2D eigenvalue weighted by Gasteiger charge is -2.60. The van der Waals surface area contributed by atoms with Gasteiger partial charge in [0.15, 0.2) is 0 Å². The topological polar surface area (TPSA) is 53.6 Å². The van der Waals surface area contributed by atoms with Crippen molar-refractivity contribution in [1.82, 2.24) is 0 Å². The maximum absolute atomic E-state index is 10.0. The summed E-state index contributed by atoms with van der Waals surface area (Å²) in [5, 5.41) is 20.0. The van der Waals surface area contributed by atoms with Crippen molar-refractivity contribution in [2.45, 2.75) is 58.8 Å². The normalized spacial score (nSPS) is 40.8. The molecule has 5 atom stereocenters. The lowest BCUT2D eigenvalue weighted by Crippen LogP contribution is -2.54. The van der Waals surface area contributed by atoms with E-state index < -0.39 is 0 Å². The zero-order chi connectivity index (χ0) is 16.5. The van der Waals surface area contributed by atoms with Crippen LogP contribution in [0.2, 0.25) is 0 Å². The Morgan fingerprint density at radius 1 is 1.22 bits per heavy atom. The van der Waals surface area contributed by atoms with Crippen LogP contribution >= 0.6 is 0 Å². The minimum atomic E-state index is 0.0569. The smallest absolute Gasteiger partial charge is 0.0934 e. The quantitative estimate of drug-likeness (QED) is 0.861. The molecule has 3 heteroatoms. The van der Waals surface area contributed by atoms with Gasteiger partial charge in [0.25, 0.3) is 0 Å². The second kappa shape index (κ2) is 6.60. The number of furan rings is 1. The van der Waals surface area contributed by atoms with E-state index in [2.05, 4.69) is 19.9 Å². The molecule has 1 aromatic rings. The number of aliphatic hydroxyl groups excluding tert-OH is 2. The summed E-state index contributed by atoms with van der Waals surface area (Å²) in [7, 11) is 0. The van der Waals surface area contributed by atoms with E-state index in [9.17, 15) is 10.2 Å². The fourth-order valence-corrected chi connectivity index (χ4v) is 5.99. The van der Waals surface area contributed by atoms with E-state index in [0.29, 0.717) is 31.0 Å². The molecule has 1 heterocycles. The molecule has 130 valence electrons. The molecule has 0 radical (unpaired) electrons. The zero-order valence-corrected chi connectivity index (χ0v) is 14.6. The first-order valence-corrected chi connectivity index (χ1v) is 9.26. The molecule has 2 fully saturated rings. The number of hydrogen-bond donors (Lipinski definition) is 2. The van der Waals surface area contributed by atoms with Gasteiger partial charge in [-0.3, -0.25) is 0 Å². The van der Waals surface area contributed by atoms with Crippen LogP contribution in [0.4, 0.5) is 0 Å². The Morgan fingerprint density at radius 3 is 2.70 bits per heavy atom. The van der Waals surface area contributed by atoms with E-state index in [1.54, 1.807) is 6.26 Å². The highest BCUT2D eigenvalue weighted by Gasteiger charge is 2.55. The number of fused-ring (bicyclic) bond motifs is 1. The highest BCUT2D eigenvalue weighted by Crippen LogP contribution is 2.61. The van der Waals surface area contributed by atoms with Crippen molar-refractivity contribution in [3.63, 3.8) is 0 Å². The summed E-state index contributed by atoms with van der Waals surface area (Å²) < 4.78 is 5.21. The molecule has 2 aliphatic rings. The fraction of sp³-hybridized carbons (Fsp3) is 0.800. The molecular weight excluding hydrogens is 288 g/mol. The van der Waals surface area contributed by atoms with Gasteiger partial charge in [0, 0.05) is 13.2 Å². The minimum Gasteiger partial charge on any atom is -0.472 e. The lowest BCUT2D eigenvalue weighted by molar-refractivity contribution is -0.128. The van der Waals surface area contributed by atoms with Crippen molar-refractivity contribution >= 4 is 0 Å². The van der Waals surface area contributed by atoms with E-state index in [-0.39, 0.29) is 10.8 Å². The number of aryl methyl sites for hydroxylation is 1. The third kappa shape index (κ3) is 2.98. The molecule has 0 saturated heterocycles. The van der Waals surface area contributed by atoms with Crippen molar-refractivity contribution in [3.05, 3.63) is 24.2 Å². The van der Waals surface area contributed by atoms with Crippen LogP contribution in [0, 0.1) is 28.6 Å². The summed E-state index contributed by atoms with van der Waals surface area (Å²) in [6.07, 6.45) is 11.5. The highest BCUT2D eigenvalue weighted by molar-refractivity contribution is 5.08. The predicted molar refractivity (Wildman–Crippen MR) is 91.0 cm³/mol. The first-order chi connectivity index (χ1) is 11.0. The van der Waals surface area contributed by atoms with Crippen LogP contribution in [0.3, 0.4) is 0 Å². The molecule has 23 heavy (non-hydrogen) atoms. The predicted octanol–water partition coefficient (Wildman–Crippen LogP) is 4.04. The average Bonchev–Trinajstić information content (AvgIpc) is 3.06. The van der Waals surface area contributed by atoms with E-state index >= 15 is 0 Å². The molecule has 0 aliphatic heterocycles. The van der Waals surface area contributed by atoms with Crippen molar-refractivity contribution in [2.75, 3.05) is 13.2 Å². The average molecular weight is 320 g/mol. The van der Waals surface area contributed by atoms with Gasteiger partial charge in [0.1, 0.15) is 0 Å². The van der Waals surface area contributed by atoms with E-state index in [4.69, 9.17) is 4.42 Å². The Balaban J connectivity index is 1.83. The summed E-state index contributed by atoms with van der Waals surface area (Å²) in [5.41, 5.74) is 1.56. The molecule has 0 unspecified atom stereocenters. The van der Waals surface area contributed by atoms with Crippen molar-refractivity contribution in [3.8, 4) is 0 Å². The van der Waals surface area contributed by atoms with Crippen molar-refractivity contribution in [2.24, 2.45) is 28.6 Å². The maximum Gasteiger partial charge on any atom is 0.0934 e. The standard InChI is InChI=1S/C20H32O3/c1-19(14-22)9-3-10-20(2)17(6-4-15-8-11-23-13-15)16(12-21)5-7-18(19)20/h8,11,13,16-18,21-22H,3-7,9-10,12,14H2,1-2H3/t16-,17-,18+,19+,20+/m0/s1. The maximum atomic E-state index is 10.0. The van der Waals surface area contributed by atoms with Crippen LogP contribution in [0.25, 0.3) is 0 Å². The summed E-state index contributed by atoms with van der Waals surface area (Å²) >= 11 is 0. The van der Waals surface area contributed by atoms with Crippen LogP contribution in [0.5, 0.6) is 0 Å². The molecule has 0 bridgehead atoms. The van der Waals surface area contributed by atoms with Crippen molar-refractivity contribution in [1.29, 1.82) is 0 Å². The number of aliphatic hydroxyl groups is 2. The first kappa shape index (κ1) is 17.0. The van der Waals surface area contributed by atoms with Gasteiger partial charge < -0.3 is 14.6 Å². The Labute approximate surface area is 140 Å². The first-order valence-electron chi connectivity index (χ1n) is 9.26. The Morgan fingerprint density at radius 2 is 2.04 bits per heavy atom. The molecule has 1 aromatic heterocycles. The minimum absolute atomic E-state index is 0.0569. The SMILES string of the molecule is C[C@]1(CO)CCC[C@@]2(C)[C@@H]1CC[C@@H](CO)[C@@H]2CCc1ccoc1. The molecule has 3 rings (SSSR count). The molecule has 2 aliphatic carbocycles. The molecule has 0 aromatic carbocycles. The van der Waals surface area contributed by atoms with Gasteiger partial charge in [-0.25, -0.2) is 0 Å². The van der Waals surface area contributed by atoms with Crippen LogP contribution in [-0.2, 0) is 6.42 Å². The van der Waals surface area contributed by atoms with Gasteiger partial charge >= 0.3 is 0 Å². The number of hydrogen-bond acceptors (Lipinski definition) is 3. The highest BCUT2D eigenvalue weighted by atomic mass is 16.3. The Hall–Kier alpha value is -0.800. The monoisotopic (exact) mass is 320 g/mol. The van der Waals surface area contributed by atoms with Crippen LogP contribution in [-0.4, -0.2) is 23.4 Å². The van der Waals surface area contributed by atoms with E-state index in [1.165, 1.54) is 18.4 Å². The Kier molecular flexibility index (Phi) is 4.89. The lowest BCUT2D eigenvalue weighted by atomic mass is 9.45. The fourth-order valence-electron chi connectivity index (χ4n) is 5.99. The largest absolute Gasteiger partial charge is 0.472 e. The van der Waals surface area contributed by atoms with Gasteiger partial charge in [-0.1, -0.05) is 20.3 Å². The molecule has 3 nitrogen and oxygen atoms in total. The Bertz CT molecular complexity index is 497. The zero-order valence-electron chi connectivity index (χ0n) is 14.6. The van der Waals surface area contributed by atoms with Gasteiger partial charge in [-0.15, -0.1) is 0 Å². The number of rotatable bonds is 5. The van der Waals surface area contributed by atoms with Crippen LogP contribution in [0.15, 0.2) is 23.0 Å². The second-order valence-corrected chi connectivity index (χ2v) is 8.52. The van der Waals surface area contributed by atoms with Crippen LogP contribution < -0.4 is 0 Å². The third-order valence-corrected chi connectivity index (χ3v) is 7.26. The summed E-state index contributed by atoms with van der Waals surface area (Å²) in [4.78, 5) is 0. The van der Waals surface area contributed by atoms with E-state index in [1.807, 2.05) is 6.26 Å². The van der Waals surface area contributed by atoms with Crippen molar-refractivity contribution < 1.29 is 14.6 Å². The third-order valence-electron chi connectivity index (χ3n) is 7.26. The van der Waals surface area contributed by atoms with Crippen LogP contribution in [0.1, 0.15) is 57.9 Å². The van der Waals surface area contributed by atoms with Gasteiger partial charge in [0.05, 0.1) is 12.5 Å². The van der Waals surface area contributed by atoms with Gasteiger partial charge in [-0.05, 0) is 78.7 Å².